The van der Waals surface area contributed by atoms with Gasteiger partial charge in [0.05, 0.1) is 0 Å². The molecule has 4 heteroatoms. The topological polar surface area (TPSA) is 32.3 Å². The van der Waals surface area contributed by atoms with Crippen LogP contribution in [0.2, 0.25) is 0 Å². The lowest BCUT2D eigenvalue weighted by Gasteiger charge is -2.28. The molecule has 0 saturated heterocycles. The molecule has 0 fully saturated rings. The highest BCUT2D eigenvalue weighted by atomic mass is 15.3. The molecule has 4 nitrogen and oxygen atoms in total. The number of para-hydroxylation sites is 4. The maximum Gasteiger partial charge on any atom is 0.163 e. The first-order valence-electron chi connectivity index (χ1n) is 12.6. The van der Waals surface area contributed by atoms with E-state index in [0.717, 1.165) is 39.9 Å². The summed E-state index contributed by atoms with van der Waals surface area (Å²) in [6.07, 6.45) is 0. The maximum atomic E-state index is 5.11. The third kappa shape index (κ3) is 4.88. The highest BCUT2D eigenvalue weighted by Crippen LogP contribution is 2.39. The van der Waals surface area contributed by atoms with Gasteiger partial charge in [-0.05, 0) is 48.5 Å². The third-order valence-electron chi connectivity index (χ3n) is 6.25. The van der Waals surface area contributed by atoms with E-state index in [0.29, 0.717) is 5.82 Å². The fourth-order valence-electron chi connectivity index (χ4n) is 4.50. The lowest BCUT2D eigenvalue weighted by Crippen LogP contribution is -2.16. The molecule has 0 bridgehead atoms. The van der Waals surface area contributed by atoms with Crippen LogP contribution >= 0.6 is 0 Å². The Labute approximate surface area is 223 Å². The molecule has 0 radical (unpaired) electrons. The van der Waals surface area contributed by atoms with Gasteiger partial charge in [0.25, 0.3) is 0 Å². The average molecular weight is 491 g/mol. The van der Waals surface area contributed by atoms with E-state index in [-0.39, 0.29) is 0 Å². The van der Waals surface area contributed by atoms with Gasteiger partial charge in [-0.15, -0.1) is 0 Å². The first-order chi connectivity index (χ1) is 18.9. The fourth-order valence-corrected chi connectivity index (χ4v) is 4.50. The van der Waals surface area contributed by atoms with Crippen LogP contribution in [0.1, 0.15) is 0 Å². The Hall–Kier alpha value is -5.22. The van der Waals surface area contributed by atoms with Crippen molar-refractivity contribution in [1.82, 2.24) is 9.97 Å². The Kier molecular flexibility index (Phi) is 6.60. The summed E-state index contributed by atoms with van der Waals surface area (Å²) in [6, 6.07) is 53.5. The molecule has 1 aromatic heterocycles. The number of aromatic nitrogens is 2. The van der Waals surface area contributed by atoms with Crippen molar-refractivity contribution in [2.45, 2.75) is 0 Å². The van der Waals surface area contributed by atoms with E-state index in [1.54, 1.807) is 0 Å². The van der Waals surface area contributed by atoms with Crippen molar-refractivity contribution in [3.05, 3.63) is 158 Å². The van der Waals surface area contributed by atoms with Crippen molar-refractivity contribution in [1.29, 1.82) is 0 Å². The predicted molar refractivity (Wildman–Crippen MR) is 157 cm³/mol. The van der Waals surface area contributed by atoms with E-state index in [2.05, 4.69) is 64.4 Å². The first-order valence-corrected chi connectivity index (χ1v) is 12.6. The Bertz CT molecular complexity index is 1410. The minimum absolute atomic E-state index is 0.659. The third-order valence-corrected chi connectivity index (χ3v) is 6.25. The Morgan fingerprint density at radius 2 is 0.632 bits per heavy atom. The van der Waals surface area contributed by atoms with Crippen molar-refractivity contribution in [3.63, 3.8) is 0 Å². The Balaban J connectivity index is 1.61. The molecule has 38 heavy (non-hydrogen) atoms. The lowest BCUT2D eigenvalue weighted by atomic mass is 10.2. The van der Waals surface area contributed by atoms with Gasteiger partial charge in [0.15, 0.2) is 5.82 Å². The number of benzene rings is 5. The fraction of sp³-hybridized carbons (Fsp3) is 0. The van der Waals surface area contributed by atoms with Crippen molar-refractivity contribution >= 4 is 34.4 Å². The van der Waals surface area contributed by atoms with Crippen LogP contribution in [0.4, 0.5) is 34.4 Å². The molecule has 0 aliphatic carbocycles. The number of rotatable bonds is 7. The van der Waals surface area contributed by atoms with Crippen molar-refractivity contribution in [2.75, 3.05) is 9.80 Å². The molecular weight excluding hydrogens is 464 g/mol. The van der Waals surface area contributed by atoms with Crippen LogP contribution in [-0.4, -0.2) is 9.97 Å². The Morgan fingerprint density at radius 1 is 0.342 bits per heavy atom. The maximum absolute atomic E-state index is 5.11. The van der Waals surface area contributed by atoms with E-state index in [1.807, 2.05) is 103 Å². The molecule has 0 N–H and O–H groups in total. The molecule has 6 aromatic rings. The smallest absolute Gasteiger partial charge is 0.163 e. The molecule has 0 atom stereocenters. The molecule has 182 valence electrons. The van der Waals surface area contributed by atoms with Crippen molar-refractivity contribution < 1.29 is 0 Å². The van der Waals surface area contributed by atoms with Crippen LogP contribution in [0, 0.1) is 0 Å². The quantitative estimate of drug-likeness (QED) is 0.223. The largest absolute Gasteiger partial charge is 0.295 e. The van der Waals surface area contributed by atoms with Crippen LogP contribution in [0.3, 0.4) is 0 Å². The summed E-state index contributed by atoms with van der Waals surface area (Å²) in [5.74, 6) is 2.22. The predicted octanol–water partition coefficient (Wildman–Crippen LogP) is 9.08. The summed E-state index contributed by atoms with van der Waals surface area (Å²) >= 11 is 0. The molecule has 1 heterocycles. The van der Waals surface area contributed by atoms with E-state index in [9.17, 15) is 0 Å². The lowest BCUT2D eigenvalue weighted by molar-refractivity contribution is 1.09. The number of anilines is 6. The van der Waals surface area contributed by atoms with Gasteiger partial charge in [0.1, 0.15) is 11.6 Å². The van der Waals surface area contributed by atoms with Gasteiger partial charge in [-0.2, -0.15) is 0 Å². The van der Waals surface area contributed by atoms with E-state index in [1.165, 1.54) is 0 Å². The SMILES string of the molecule is c1ccc(-c2nc(N(c3ccccc3)c3ccccc3)cc(N(c3ccccc3)c3ccccc3)n2)cc1. The first kappa shape index (κ1) is 23.2. The minimum atomic E-state index is 0.659. The molecule has 0 amide bonds. The molecule has 0 saturated carbocycles. The van der Waals surface area contributed by atoms with Gasteiger partial charge in [-0.3, -0.25) is 9.80 Å². The van der Waals surface area contributed by atoms with Crippen LogP contribution < -0.4 is 9.80 Å². The summed E-state index contributed by atoms with van der Waals surface area (Å²) in [7, 11) is 0. The van der Waals surface area contributed by atoms with Gasteiger partial charge in [0.2, 0.25) is 0 Å². The molecular formula is C34H26N4. The second-order valence-corrected chi connectivity index (χ2v) is 8.79. The summed E-state index contributed by atoms with van der Waals surface area (Å²) in [4.78, 5) is 14.6. The number of hydrogen-bond donors (Lipinski definition) is 0. The summed E-state index contributed by atoms with van der Waals surface area (Å²) in [5.41, 5.74) is 5.04. The standard InChI is InChI=1S/C34H26N4/c1-6-16-27(17-7-1)34-35-32(37(28-18-8-2-9-19-28)29-20-10-3-11-21-29)26-33(36-34)38(30-22-12-4-13-23-30)31-24-14-5-15-25-31/h1-26H. The van der Waals surface area contributed by atoms with E-state index in [4.69, 9.17) is 9.97 Å². The molecule has 0 aliphatic rings. The normalized spacial score (nSPS) is 10.6. The number of hydrogen-bond acceptors (Lipinski definition) is 4. The molecule has 0 spiro atoms. The van der Waals surface area contributed by atoms with Crippen LogP contribution in [-0.2, 0) is 0 Å². The van der Waals surface area contributed by atoms with Gasteiger partial charge in [-0.1, -0.05) is 103 Å². The summed E-state index contributed by atoms with van der Waals surface area (Å²) in [5, 5.41) is 0. The average Bonchev–Trinajstić information content (AvgIpc) is 3.00. The van der Waals surface area contributed by atoms with Gasteiger partial charge in [0, 0.05) is 34.4 Å². The van der Waals surface area contributed by atoms with E-state index < -0.39 is 0 Å². The zero-order valence-corrected chi connectivity index (χ0v) is 20.8. The van der Waals surface area contributed by atoms with Crippen LogP contribution in [0.25, 0.3) is 11.4 Å². The van der Waals surface area contributed by atoms with Crippen LogP contribution in [0.5, 0.6) is 0 Å². The highest BCUT2D eigenvalue weighted by Gasteiger charge is 2.21. The highest BCUT2D eigenvalue weighted by molar-refractivity contribution is 5.81. The summed E-state index contributed by atoms with van der Waals surface area (Å²) in [6.45, 7) is 0. The summed E-state index contributed by atoms with van der Waals surface area (Å²) < 4.78 is 0. The van der Waals surface area contributed by atoms with Crippen LogP contribution in [0.15, 0.2) is 158 Å². The second kappa shape index (κ2) is 10.8. The van der Waals surface area contributed by atoms with Gasteiger partial charge >= 0.3 is 0 Å². The minimum Gasteiger partial charge on any atom is -0.295 e. The van der Waals surface area contributed by atoms with Crippen molar-refractivity contribution in [2.24, 2.45) is 0 Å². The molecule has 6 rings (SSSR count). The zero-order valence-electron chi connectivity index (χ0n) is 20.8. The molecule has 0 unspecified atom stereocenters. The zero-order chi connectivity index (χ0) is 25.6. The van der Waals surface area contributed by atoms with Gasteiger partial charge < -0.3 is 0 Å². The Morgan fingerprint density at radius 3 is 0.947 bits per heavy atom. The van der Waals surface area contributed by atoms with Gasteiger partial charge in [-0.25, -0.2) is 9.97 Å². The second-order valence-electron chi connectivity index (χ2n) is 8.79. The number of nitrogens with zero attached hydrogens (tertiary/aromatic N) is 4. The molecule has 0 aliphatic heterocycles. The van der Waals surface area contributed by atoms with Crippen molar-refractivity contribution in [3.8, 4) is 11.4 Å². The molecule has 5 aromatic carbocycles. The van der Waals surface area contributed by atoms with E-state index >= 15 is 0 Å². The monoisotopic (exact) mass is 490 g/mol.